The highest BCUT2D eigenvalue weighted by Gasteiger charge is 2.26. The minimum atomic E-state index is -4.29. The largest absolute Gasteiger partial charge is 0.472 e. The van der Waals surface area contributed by atoms with Crippen LogP contribution in [-0.4, -0.2) is 75.6 Å². The predicted octanol–water partition coefficient (Wildman–Crippen LogP) is 15.1. The van der Waals surface area contributed by atoms with E-state index in [1.807, 2.05) is 21.1 Å². The minimum Gasteiger partial charge on any atom is -0.457 e. The average Bonchev–Trinajstić information content (AvgIpc) is 3.22. The van der Waals surface area contributed by atoms with Gasteiger partial charge in [0.1, 0.15) is 19.3 Å². The molecule has 9 heteroatoms. The highest BCUT2D eigenvalue weighted by molar-refractivity contribution is 7.47. The zero-order valence-corrected chi connectivity index (χ0v) is 41.0. The summed E-state index contributed by atoms with van der Waals surface area (Å²) < 4.78 is 35.0. The van der Waals surface area contributed by atoms with E-state index in [1.54, 1.807) is 0 Å². The maximum Gasteiger partial charge on any atom is 0.472 e. The van der Waals surface area contributed by atoms with Crippen molar-refractivity contribution >= 4 is 13.8 Å². The Morgan fingerprint density at radius 3 is 1.43 bits per heavy atom. The first-order valence-electron chi connectivity index (χ1n) is 24.7. The number of ether oxygens (including phenoxy) is 2. The molecule has 2 unspecified atom stereocenters. The van der Waals surface area contributed by atoms with E-state index in [0.717, 1.165) is 83.5 Å². The first-order valence-corrected chi connectivity index (χ1v) is 26.2. The third-order valence-corrected chi connectivity index (χ3v) is 11.2. The molecule has 0 aromatic heterocycles. The van der Waals surface area contributed by atoms with Crippen LogP contribution >= 0.6 is 7.82 Å². The van der Waals surface area contributed by atoms with E-state index in [1.165, 1.54) is 89.9 Å². The number of phosphoric ester groups is 1. The molecule has 354 valence electrons. The van der Waals surface area contributed by atoms with Gasteiger partial charge in [-0.1, -0.05) is 177 Å². The van der Waals surface area contributed by atoms with Crippen molar-refractivity contribution in [2.45, 2.75) is 200 Å². The van der Waals surface area contributed by atoms with Gasteiger partial charge in [-0.05, 0) is 83.5 Å². The van der Waals surface area contributed by atoms with Crippen molar-refractivity contribution in [3.63, 3.8) is 0 Å². The molecule has 0 aliphatic heterocycles. The summed E-state index contributed by atoms with van der Waals surface area (Å²) in [6, 6.07) is 0. The number of carbonyl (C=O) groups is 1. The number of unbranched alkanes of at least 4 members (excludes halogenated alkanes) is 19. The molecule has 0 heterocycles. The predicted molar refractivity (Wildman–Crippen MR) is 261 cm³/mol. The average molecular weight is 877 g/mol. The normalized spacial score (nSPS) is 14.3. The van der Waals surface area contributed by atoms with Gasteiger partial charge < -0.3 is 18.9 Å². The molecule has 0 saturated carbocycles. The fourth-order valence-electron chi connectivity index (χ4n) is 6.46. The van der Waals surface area contributed by atoms with Crippen molar-refractivity contribution in [2.24, 2.45) is 0 Å². The molecule has 0 radical (unpaired) electrons. The topological polar surface area (TPSA) is 91.3 Å². The number of allylic oxidation sites excluding steroid dienone is 12. The second-order valence-corrected chi connectivity index (χ2v) is 18.9. The van der Waals surface area contributed by atoms with Crippen LogP contribution in [0.15, 0.2) is 72.9 Å². The molecule has 0 rings (SSSR count). The van der Waals surface area contributed by atoms with Crippen molar-refractivity contribution in [3.05, 3.63) is 72.9 Å². The Morgan fingerprint density at radius 1 is 0.525 bits per heavy atom. The lowest BCUT2D eigenvalue weighted by Crippen LogP contribution is -2.37. The number of likely N-dealkylation sites (N-methyl/N-ethyl adjacent to an activating group) is 1. The highest BCUT2D eigenvalue weighted by atomic mass is 31.2. The molecular weight excluding hydrogens is 782 g/mol. The van der Waals surface area contributed by atoms with Crippen LogP contribution in [0.3, 0.4) is 0 Å². The number of quaternary nitrogens is 1. The third kappa shape index (κ3) is 48.8. The number of phosphoric acid groups is 1. The van der Waals surface area contributed by atoms with Gasteiger partial charge in [-0.2, -0.15) is 0 Å². The number of carbonyl (C=O) groups excluding carboxylic acids is 1. The summed E-state index contributed by atoms with van der Waals surface area (Å²) in [5.74, 6) is -0.328. The van der Waals surface area contributed by atoms with Crippen LogP contribution in [0, 0.1) is 0 Å². The molecule has 0 aliphatic carbocycles. The summed E-state index contributed by atoms with van der Waals surface area (Å²) >= 11 is 0. The maximum atomic E-state index is 12.7. The number of rotatable bonds is 45. The highest BCUT2D eigenvalue weighted by Crippen LogP contribution is 2.43. The van der Waals surface area contributed by atoms with Gasteiger partial charge in [-0.25, -0.2) is 4.57 Å². The summed E-state index contributed by atoms with van der Waals surface area (Å²) in [7, 11) is 1.64. The Labute approximate surface area is 376 Å². The quantitative estimate of drug-likeness (QED) is 0.0214. The molecule has 0 fully saturated rings. The van der Waals surface area contributed by atoms with Gasteiger partial charge in [-0.3, -0.25) is 13.8 Å². The Hall–Kier alpha value is -2.06. The SMILES string of the molecule is CC/C=C\C/C=C\C/C=C\CCCCCCOCC(COP(=O)(O)OCC[N+](C)(C)C)OC(=O)CCCCCCCCCCCC/C=C\C/C=C\C/C=C\CCCCCCC. The van der Waals surface area contributed by atoms with Crippen molar-refractivity contribution in [1.82, 2.24) is 0 Å². The van der Waals surface area contributed by atoms with Gasteiger partial charge in [0.05, 0.1) is 34.4 Å². The Balaban J connectivity index is 4.16. The van der Waals surface area contributed by atoms with Crippen molar-refractivity contribution in [2.75, 3.05) is 54.1 Å². The molecule has 1 N–H and O–H groups in total. The van der Waals surface area contributed by atoms with E-state index < -0.39 is 13.9 Å². The molecule has 0 aliphatic rings. The molecule has 0 aromatic carbocycles. The van der Waals surface area contributed by atoms with E-state index >= 15 is 0 Å². The summed E-state index contributed by atoms with van der Waals surface area (Å²) in [5.41, 5.74) is 0. The van der Waals surface area contributed by atoms with Crippen LogP contribution in [0.1, 0.15) is 194 Å². The van der Waals surface area contributed by atoms with Gasteiger partial charge in [0.25, 0.3) is 0 Å². The molecule has 0 aromatic rings. The van der Waals surface area contributed by atoms with Crippen molar-refractivity contribution in [1.29, 1.82) is 0 Å². The first kappa shape index (κ1) is 58.9. The van der Waals surface area contributed by atoms with Crippen LogP contribution in [0.5, 0.6) is 0 Å². The van der Waals surface area contributed by atoms with Gasteiger partial charge >= 0.3 is 13.8 Å². The third-order valence-electron chi connectivity index (χ3n) is 10.3. The van der Waals surface area contributed by atoms with E-state index in [2.05, 4.69) is 86.8 Å². The van der Waals surface area contributed by atoms with E-state index in [9.17, 15) is 14.3 Å². The molecule has 0 spiro atoms. The Morgan fingerprint density at radius 2 is 0.951 bits per heavy atom. The van der Waals surface area contributed by atoms with Gasteiger partial charge in [0.15, 0.2) is 0 Å². The number of hydrogen-bond acceptors (Lipinski definition) is 6. The van der Waals surface area contributed by atoms with Crippen molar-refractivity contribution in [3.8, 4) is 0 Å². The summed E-state index contributed by atoms with van der Waals surface area (Å²) in [6.45, 7) is 5.43. The van der Waals surface area contributed by atoms with Crippen molar-refractivity contribution < 1.29 is 37.3 Å². The van der Waals surface area contributed by atoms with E-state index in [-0.39, 0.29) is 25.8 Å². The molecule has 0 amide bonds. The second kappa shape index (κ2) is 44.5. The van der Waals surface area contributed by atoms with Crippen LogP contribution < -0.4 is 0 Å². The molecular formula is C52H95NO7P+. The lowest BCUT2D eigenvalue weighted by atomic mass is 10.0. The molecule has 0 saturated heterocycles. The van der Waals surface area contributed by atoms with Gasteiger partial charge in [0, 0.05) is 13.0 Å². The van der Waals surface area contributed by atoms with Crippen LogP contribution in [-0.2, 0) is 27.9 Å². The molecule has 8 nitrogen and oxygen atoms in total. The monoisotopic (exact) mass is 877 g/mol. The van der Waals surface area contributed by atoms with Crippen LogP contribution in [0.4, 0.5) is 0 Å². The Bertz CT molecular complexity index is 1200. The Kier molecular flexibility index (Phi) is 43.0. The van der Waals surface area contributed by atoms with Gasteiger partial charge in [0.2, 0.25) is 0 Å². The lowest BCUT2D eigenvalue weighted by molar-refractivity contribution is -0.870. The lowest BCUT2D eigenvalue weighted by Gasteiger charge is -2.24. The van der Waals surface area contributed by atoms with Crippen LogP contribution in [0.2, 0.25) is 0 Å². The molecule has 61 heavy (non-hydrogen) atoms. The second-order valence-electron chi connectivity index (χ2n) is 17.5. The zero-order valence-electron chi connectivity index (χ0n) is 40.1. The molecule has 0 bridgehead atoms. The van der Waals surface area contributed by atoms with Crippen LogP contribution in [0.25, 0.3) is 0 Å². The maximum absolute atomic E-state index is 12.7. The summed E-state index contributed by atoms with van der Waals surface area (Å²) in [5, 5.41) is 0. The zero-order chi connectivity index (χ0) is 44.8. The number of nitrogens with zero attached hydrogens (tertiary/aromatic N) is 1. The summed E-state index contributed by atoms with van der Waals surface area (Å²) in [6.07, 6.45) is 58.1. The minimum absolute atomic E-state index is 0.0798. The van der Waals surface area contributed by atoms with Gasteiger partial charge in [-0.15, -0.1) is 0 Å². The fourth-order valence-corrected chi connectivity index (χ4v) is 7.20. The first-order chi connectivity index (χ1) is 29.6. The smallest absolute Gasteiger partial charge is 0.457 e. The standard InChI is InChI=1S/C52H94NO7P/c1-6-8-10-12-14-16-18-20-22-23-24-25-26-27-28-29-30-31-32-33-35-37-39-41-43-45-52(54)60-51(50-59-61(55,56)58-48-46-53(3,4)5)49-57-47-44-42-40-38-36-34-21-19-17-15-13-11-9-7-2/h9,11,15,17-18,20-21,23-24,26-27,34,51H,6-8,10,12-14,16,19,22,25,28-33,35-50H2,1-5H3/p+1/b11-9-,17-15-,20-18-,24-23-,27-26-,34-21-. The molecule has 2 atom stereocenters. The van der Waals surface area contributed by atoms with E-state index in [0.29, 0.717) is 24.1 Å². The fraction of sp³-hybridized carbons (Fsp3) is 0.750. The number of hydrogen-bond donors (Lipinski definition) is 1. The number of esters is 1. The summed E-state index contributed by atoms with van der Waals surface area (Å²) in [4.78, 5) is 23.0. The van der Waals surface area contributed by atoms with E-state index in [4.69, 9.17) is 18.5 Å².